The number of nitrogens with one attached hydrogen (secondary N) is 2. The van der Waals surface area contributed by atoms with Crippen molar-refractivity contribution in [1.29, 1.82) is 0 Å². The van der Waals surface area contributed by atoms with E-state index in [-0.39, 0.29) is 4.90 Å². The second kappa shape index (κ2) is 5.99. The number of aromatic amines is 1. The van der Waals surface area contributed by atoms with Crippen LogP contribution < -0.4 is 4.72 Å². The van der Waals surface area contributed by atoms with Crippen LogP contribution in [0.4, 0.5) is 0 Å². The summed E-state index contributed by atoms with van der Waals surface area (Å²) >= 11 is 0. The molecule has 2 N–H and O–H groups in total. The second-order valence-corrected chi connectivity index (χ2v) is 7.66. The van der Waals surface area contributed by atoms with Crippen molar-refractivity contribution in [3.63, 3.8) is 0 Å². The van der Waals surface area contributed by atoms with Gasteiger partial charge in [0.25, 0.3) is 10.0 Å². The number of pyridine rings is 1. The summed E-state index contributed by atoms with van der Waals surface area (Å²) in [6, 6.07) is 1.95. The van der Waals surface area contributed by atoms with Gasteiger partial charge < -0.3 is 9.55 Å². The summed E-state index contributed by atoms with van der Waals surface area (Å²) in [5, 5.41) is 4.86. The topological polar surface area (TPSA) is 110 Å². The lowest BCUT2D eigenvalue weighted by atomic mass is 10.3. The van der Waals surface area contributed by atoms with Gasteiger partial charge in [0.05, 0.1) is 24.2 Å². The Labute approximate surface area is 149 Å². The minimum Gasteiger partial charge on any atom is -0.346 e. The molecule has 134 valence electrons. The van der Waals surface area contributed by atoms with E-state index in [1.807, 2.05) is 16.8 Å². The normalized spacial score (nSPS) is 12.0. The van der Waals surface area contributed by atoms with E-state index in [1.54, 1.807) is 19.6 Å². The maximum Gasteiger partial charge on any atom is 0.264 e. The first kappa shape index (κ1) is 16.3. The molecule has 0 unspecified atom stereocenters. The molecule has 0 amide bonds. The van der Waals surface area contributed by atoms with Crippen LogP contribution in [0.15, 0.2) is 54.4 Å². The number of hydrogen-bond donors (Lipinski definition) is 2. The molecule has 0 saturated carbocycles. The molecule has 9 nitrogen and oxygen atoms in total. The molecular weight excluding hydrogens is 354 g/mol. The minimum absolute atomic E-state index is 0.106. The number of aromatic nitrogens is 6. The van der Waals surface area contributed by atoms with Gasteiger partial charge in [0.2, 0.25) is 0 Å². The molecule has 10 heteroatoms. The van der Waals surface area contributed by atoms with Crippen molar-refractivity contribution in [3.8, 4) is 0 Å². The number of fused-ring (bicyclic) bond motifs is 3. The molecule has 0 aliphatic heterocycles. The van der Waals surface area contributed by atoms with E-state index in [0.717, 1.165) is 22.1 Å². The van der Waals surface area contributed by atoms with Crippen LogP contribution in [0.25, 0.3) is 22.1 Å². The van der Waals surface area contributed by atoms with Crippen LogP contribution in [-0.2, 0) is 23.6 Å². The lowest BCUT2D eigenvalue weighted by molar-refractivity contribution is 0.584. The lowest BCUT2D eigenvalue weighted by Crippen LogP contribution is -2.23. The summed E-state index contributed by atoms with van der Waals surface area (Å²) in [4.78, 5) is 11.9. The molecule has 4 rings (SSSR count). The van der Waals surface area contributed by atoms with Gasteiger partial charge in [-0.3, -0.25) is 9.40 Å². The molecule has 0 saturated heterocycles. The summed E-state index contributed by atoms with van der Waals surface area (Å²) < 4.78 is 30.5. The average Bonchev–Trinajstić information content (AvgIpc) is 3.30. The quantitative estimate of drug-likeness (QED) is 0.534. The van der Waals surface area contributed by atoms with Crippen LogP contribution in [0.3, 0.4) is 0 Å². The molecule has 0 fully saturated rings. The zero-order valence-electron chi connectivity index (χ0n) is 14.0. The second-order valence-electron chi connectivity index (χ2n) is 5.98. The third-order valence-electron chi connectivity index (χ3n) is 4.09. The fraction of sp³-hybridized carbons (Fsp3) is 0.188. The first-order valence-electron chi connectivity index (χ1n) is 7.90. The van der Waals surface area contributed by atoms with Crippen LogP contribution in [0.5, 0.6) is 0 Å². The smallest absolute Gasteiger partial charge is 0.264 e. The van der Waals surface area contributed by atoms with Crippen molar-refractivity contribution in [3.05, 3.63) is 49.5 Å². The number of hydrogen-bond acceptors (Lipinski definition) is 5. The Bertz CT molecular complexity index is 1220. The number of sulfonamides is 1. The van der Waals surface area contributed by atoms with E-state index in [4.69, 9.17) is 0 Å². The molecule has 0 aliphatic rings. The van der Waals surface area contributed by atoms with Crippen molar-refractivity contribution in [1.82, 2.24) is 34.0 Å². The van der Waals surface area contributed by atoms with Crippen molar-refractivity contribution in [2.24, 2.45) is 7.05 Å². The molecule has 0 bridgehead atoms. The Balaban J connectivity index is 1.51. The maximum atomic E-state index is 12.3. The van der Waals surface area contributed by atoms with Crippen LogP contribution in [0, 0.1) is 0 Å². The molecule has 4 aromatic rings. The zero-order valence-corrected chi connectivity index (χ0v) is 14.9. The Morgan fingerprint density at radius 1 is 1.35 bits per heavy atom. The Kier molecular flexibility index (Phi) is 3.76. The van der Waals surface area contributed by atoms with Crippen LogP contribution in [-0.4, -0.2) is 37.7 Å². The highest BCUT2D eigenvalue weighted by Gasteiger charge is 2.17. The molecule has 0 spiro atoms. The number of rotatable bonds is 6. The lowest BCUT2D eigenvalue weighted by Gasteiger charge is -2.10. The maximum absolute atomic E-state index is 12.3. The van der Waals surface area contributed by atoms with Gasteiger partial charge in [-0.2, -0.15) is 5.10 Å². The monoisotopic (exact) mass is 371 g/mol. The van der Waals surface area contributed by atoms with Crippen LogP contribution >= 0.6 is 0 Å². The molecule has 0 atom stereocenters. The standard InChI is InChI=1S/C16H17N7O2S/c1-11(21-26(24,25)12-7-20-22(2)9-12)4-6-23-10-19-14-8-18-16-13(15(14)23)3-5-17-16/h3,5,7-10,21H,1,4,6H2,2H3,(H,17,18). The molecule has 0 aliphatic carbocycles. The number of allylic oxidation sites excluding steroid dienone is 1. The van der Waals surface area contributed by atoms with Crippen molar-refractivity contribution in [2.45, 2.75) is 17.9 Å². The van der Waals surface area contributed by atoms with E-state index >= 15 is 0 Å². The third kappa shape index (κ3) is 2.84. The summed E-state index contributed by atoms with van der Waals surface area (Å²) in [7, 11) is -2.01. The molecule has 4 heterocycles. The molecular formula is C16H17N7O2S. The SMILES string of the molecule is C=C(CCn1cnc2cnc3[nH]ccc3c21)NS(=O)(=O)c1cnn(C)c1. The molecule has 0 radical (unpaired) electrons. The first-order chi connectivity index (χ1) is 12.4. The van der Waals surface area contributed by atoms with Gasteiger partial charge in [-0.15, -0.1) is 0 Å². The van der Waals surface area contributed by atoms with E-state index < -0.39 is 10.0 Å². The number of aryl methyl sites for hydroxylation is 2. The summed E-state index contributed by atoms with van der Waals surface area (Å²) in [5.74, 6) is 0. The highest BCUT2D eigenvalue weighted by molar-refractivity contribution is 7.89. The van der Waals surface area contributed by atoms with Crippen molar-refractivity contribution < 1.29 is 8.42 Å². The number of imidazole rings is 1. The van der Waals surface area contributed by atoms with Crippen LogP contribution in [0.2, 0.25) is 0 Å². The van der Waals surface area contributed by atoms with E-state index in [9.17, 15) is 8.42 Å². The number of H-pyrrole nitrogens is 1. The molecule has 4 aromatic heterocycles. The largest absolute Gasteiger partial charge is 0.346 e. The average molecular weight is 371 g/mol. The fourth-order valence-corrected chi connectivity index (χ4v) is 3.91. The predicted octanol–water partition coefficient (Wildman–Crippen LogP) is 1.53. The zero-order chi connectivity index (χ0) is 18.3. The van der Waals surface area contributed by atoms with Gasteiger partial charge >= 0.3 is 0 Å². The van der Waals surface area contributed by atoms with Gasteiger partial charge in [-0.25, -0.2) is 18.4 Å². The van der Waals surface area contributed by atoms with Gasteiger partial charge in [0, 0.05) is 43.5 Å². The van der Waals surface area contributed by atoms with E-state index in [0.29, 0.717) is 18.7 Å². The highest BCUT2D eigenvalue weighted by atomic mass is 32.2. The van der Waals surface area contributed by atoms with Gasteiger partial charge in [-0.1, -0.05) is 6.58 Å². The highest BCUT2D eigenvalue weighted by Crippen LogP contribution is 2.22. The van der Waals surface area contributed by atoms with Crippen molar-refractivity contribution >= 4 is 32.1 Å². The Morgan fingerprint density at radius 3 is 2.96 bits per heavy atom. The third-order valence-corrected chi connectivity index (χ3v) is 5.48. The predicted molar refractivity (Wildman–Crippen MR) is 96.7 cm³/mol. The summed E-state index contributed by atoms with van der Waals surface area (Å²) in [6.07, 6.45) is 8.43. The van der Waals surface area contributed by atoms with Gasteiger partial charge in [-0.05, 0) is 6.07 Å². The molecule has 0 aromatic carbocycles. The summed E-state index contributed by atoms with van der Waals surface area (Å²) in [6.45, 7) is 4.37. The Morgan fingerprint density at radius 2 is 2.19 bits per heavy atom. The van der Waals surface area contributed by atoms with Gasteiger partial charge in [0.1, 0.15) is 16.1 Å². The Hall–Kier alpha value is -3.14. The van der Waals surface area contributed by atoms with Crippen LogP contribution in [0.1, 0.15) is 6.42 Å². The summed E-state index contributed by atoms with van der Waals surface area (Å²) in [5.41, 5.74) is 2.93. The minimum atomic E-state index is -3.67. The van der Waals surface area contributed by atoms with E-state index in [2.05, 4.69) is 31.4 Å². The first-order valence-corrected chi connectivity index (χ1v) is 9.38. The van der Waals surface area contributed by atoms with E-state index in [1.165, 1.54) is 17.1 Å². The number of nitrogens with zero attached hydrogens (tertiary/aromatic N) is 5. The van der Waals surface area contributed by atoms with Gasteiger partial charge in [0.15, 0.2) is 0 Å². The fourth-order valence-electron chi connectivity index (χ4n) is 2.83. The van der Waals surface area contributed by atoms with Crippen molar-refractivity contribution in [2.75, 3.05) is 0 Å². The molecule has 26 heavy (non-hydrogen) atoms.